The second-order valence-corrected chi connectivity index (χ2v) is 6.46. The second-order valence-electron chi connectivity index (χ2n) is 6.46. The quantitative estimate of drug-likeness (QED) is 0.836. The molecule has 128 valence electrons. The van der Waals surface area contributed by atoms with Crippen LogP contribution in [0, 0.1) is 0 Å². The summed E-state index contributed by atoms with van der Waals surface area (Å²) < 4.78 is 38.5. The molecule has 0 radical (unpaired) electrons. The number of amides is 1. The normalized spacial score (nSPS) is 24.5. The predicted octanol–water partition coefficient (Wildman–Crippen LogP) is 3.82. The van der Waals surface area contributed by atoms with Crippen molar-refractivity contribution < 1.29 is 18.0 Å². The van der Waals surface area contributed by atoms with Gasteiger partial charge < -0.3 is 5.32 Å². The molecule has 1 fully saturated rings. The Labute approximate surface area is 139 Å². The number of carbonyl (C=O) groups excluding carboxylic acids is 1. The maximum Gasteiger partial charge on any atom is 0.416 e. The lowest BCUT2D eigenvalue weighted by Crippen LogP contribution is -2.51. The van der Waals surface area contributed by atoms with Crippen LogP contribution >= 0.6 is 12.4 Å². The van der Waals surface area contributed by atoms with E-state index in [9.17, 15) is 18.0 Å². The third-order valence-electron chi connectivity index (χ3n) is 4.80. The van der Waals surface area contributed by atoms with Crippen LogP contribution in [-0.4, -0.2) is 29.9 Å². The highest BCUT2D eigenvalue weighted by molar-refractivity contribution is 6.06. The largest absolute Gasteiger partial charge is 0.416 e. The fraction of sp³-hybridized carbons (Fsp3) is 0.562. The minimum absolute atomic E-state index is 0. The van der Waals surface area contributed by atoms with E-state index in [1.807, 2.05) is 0 Å². The van der Waals surface area contributed by atoms with Crippen molar-refractivity contribution in [1.29, 1.82) is 0 Å². The van der Waals surface area contributed by atoms with Crippen molar-refractivity contribution in [3.8, 4) is 0 Å². The number of rotatable bonds is 1. The molecule has 2 aliphatic rings. The van der Waals surface area contributed by atoms with E-state index >= 15 is 0 Å². The number of likely N-dealkylation sites (tertiary alicyclic amines) is 1. The standard InChI is InChI=1S/C16H19F3N2O.ClH/c1-10(2)21-7-3-6-15(9-21)12-5-4-11(16(17,18)19)8-13(12)20-14(15)22;/h4-5,8,10H,3,6-7,9H2,1-2H3,(H,20,22);1H. The molecule has 1 N–H and O–H groups in total. The van der Waals surface area contributed by atoms with Crippen LogP contribution in [0.5, 0.6) is 0 Å². The molecule has 7 heteroatoms. The number of nitrogens with zero attached hydrogens (tertiary/aromatic N) is 1. The number of carbonyl (C=O) groups is 1. The zero-order valence-electron chi connectivity index (χ0n) is 13.0. The zero-order chi connectivity index (χ0) is 16.1. The molecular formula is C16H20ClF3N2O. The maximum absolute atomic E-state index is 12.8. The average molecular weight is 349 g/mol. The van der Waals surface area contributed by atoms with Crippen LogP contribution in [-0.2, 0) is 16.4 Å². The number of hydrogen-bond acceptors (Lipinski definition) is 2. The lowest BCUT2D eigenvalue weighted by Gasteiger charge is -2.41. The molecule has 1 unspecified atom stereocenters. The van der Waals surface area contributed by atoms with E-state index in [1.165, 1.54) is 6.07 Å². The van der Waals surface area contributed by atoms with Crippen LogP contribution in [0.1, 0.15) is 37.8 Å². The second kappa shape index (κ2) is 5.98. The van der Waals surface area contributed by atoms with Gasteiger partial charge in [0.2, 0.25) is 5.91 Å². The average Bonchev–Trinajstić information content (AvgIpc) is 2.70. The molecule has 0 aromatic heterocycles. The molecule has 3 nitrogen and oxygen atoms in total. The van der Waals surface area contributed by atoms with Crippen LogP contribution in [0.3, 0.4) is 0 Å². The summed E-state index contributed by atoms with van der Waals surface area (Å²) in [5.74, 6) is -0.174. The van der Waals surface area contributed by atoms with Gasteiger partial charge in [0.25, 0.3) is 0 Å². The first kappa shape index (κ1) is 18.1. The summed E-state index contributed by atoms with van der Waals surface area (Å²) in [5.41, 5.74) is -0.413. The number of benzene rings is 1. The monoisotopic (exact) mass is 348 g/mol. The van der Waals surface area contributed by atoms with Crippen LogP contribution in [0.4, 0.5) is 18.9 Å². The molecule has 3 rings (SSSR count). The van der Waals surface area contributed by atoms with Gasteiger partial charge in [0.05, 0.1) is 11.0 Å². The summed E-state index contributed by atoms with van der Waals surface area (Å²) in [7, 11) is 0. The molecule has 1 spiro atoms. The van der Waals surface area contributed by atoms with Gasteiger partial charge in [-0.25, -0.2) is 0 Å². The van der Waals surface area contributed by atoms with Gasteiger partial charge in [-0.2, -0.15) is 13.2 Å². The molecule has 23 heavy (non-hydrogen) atoms. The summed E-state index contributed by atoms with van der Waals surface area (Å²) in [4.78, 5) is 14.7. The first-order valence-corrected chi connectivity index (χ1v) is 7.51. The van der Waals surface area contributed by atoms with E-state index in [0.29, 0.717) is 30.3 Å². The third-order valence-corrected chi connectivity index (χ3v) is 4.80. The van der Waals surface area contributed by atoms with Crippen LogP contribution in [0.2, 0.25) is 0 Å². The molecule has 1 aromatic carbocycles. The number of fused-ring (bicyclic) bond motifs is 2. The Morgan fingerprint density at radius 2 is 2.00 bits per heavy atom. The molecule has 0 saturated carbocycles. The van der Waals surface area contributed by atoms with Crippen molar-refractivity contribution in [3.05, 3.63) is 29.3 Å². The summed E-state index contributed by atoms with van der Waals surface area (Å²) in [5, 5.41) is 2.66. The van der Waals surface area contributed by atoms with E-state index in [2.05, 4.69) is 24.1 Å². The zero-order valence-corrected chi connectivity index (χ0v) is 13.9. The molecule has 1 atom stereocenters. The van der Waals surface area contributed by atoms with Crippen LogP contribution < -0.4 is 5.32 Å². The Hall–Kier alpha value is -1.27. The summed E-state index contributed by atoms with van der Waals surface area (Å²) >= 11 is 0. The van der Waals surface area contributed by atoms with Gasteiger partial charge in [-0.3, -0.25) is 9.69 Å². The van der Waals surface area contributed by atoms with Gasteiger partial charge in [-0.15, -0.1) is 12.4 Å². The van der Waals surface area contributed by atoms with Crippen molar-refractivity contribution in [1.82, 2.24) is 4.90 Å². The molecule has 0 bridgehead atoms. The van der Waals surface area contributed by atoms with Gasteiger partial charge in [-0.05, 0) is 50.9 Å². The lowest BCUT2D eigenvalue weighted by atomic mass is 9.74. The molecule has 0 aliphatic carbocycles. The highest BCUT2D eigenvalue weighted by atomic mass is 35.5. The summed E-state index contributed by atoms with van der Waals surface area (Å²) in [6, 6.07) is 3.91. The van der Waals surface area contributed by atoms with E-state index in [4.69, 9.17) is 0 Å². The minimum atomic E-state index is -4.40. The molecule has 2 heterocycles. The fourth-order valence-electron chi connectivity index (χ4n) is 3.54. The van der Waals surface area contributed by atoms with Crippen LogP contribution in [0.15, 0.2) is 18.2 Å². The molecule has 2 aliphatic heterocycles. The Bertz CT molecular complexity index is 618. The Morgan fingerprint density at radius 1 is 1.30 bits per heavy atom. The summed E-state index contributed by atoms with van der Waals surface area (Å²) in [6.45, 7) is 5.62. The fourth-order valence-corrected chi connectivity index (χ4v) is 3.54. The van der Waals surface area contributed by atoms with Crippen molar-refractivity contribution in [2.45, 2.75) is 44.3 Å². The molecule has 1 aromatic rings. The molecule has 1 saturated heterocycles. The smallest absolute Gasteiger partial charge is 0.325 e. The Balaban J connectivity index is 0.00000192. The van der Waals surface area contributed by atoms with Crippen molar-refractivity contribution in [3.63, 3.8) is 0 Å². The van der Waals surface area contributed by atoms with E-state index < -0.39 is 17.2 Å². The third kappa shape index (κ3) is 2.94. The van der Waals surface area contributed by atoms with E-state index in [1.54, 1.807) is 0 Å². The van der Waals surface area contributed by atoms with Crippen molar-refractivity contribution >= 4 is 24.0 Å². The van der Waals surface area contributed by atoms with Gasteiger partial charge >= 0.3 is 6.18 Å². The number of alkyl halides is 3. The lowest BCUT2D eigenvalue weighted by molar-refractivity contribution is -0.137. The number of hydrogen-bond donors (Lipinski definition) is 1. The number of halogens is 4. The van der Waals surface area contributed by atoms with Crippen LogP contribution in [0.25, 0.3) is 0 Å². The number of piperidine rings is 1. The minimum Gasteiger partial charge on any atom is -0.325 e. The summed E-state index contributed by atoms with van der Waals surface area (Å²) in [6.07, 6.45) is -2.85. The Morgan fingerprint density at radius 3 is 2.61 bits per heavy atom. The van der Waals surface area contributed by atoms with Gasteiger partial charge in [0.15, 0.2) is 0 Å². The predicted molar refractivity (Wildman–Crippen MR) is 84.9 cm³/mol. The number of anilines is 1. The van der Waals surface area contributed by atoms with Gasteiger partial charge in [-0.1, -0.05) is 6.07 Å². The van der Waals surface area contributed by atoms with E-state index in [-0.39, 0.29) is 18.3 Å². The highest BCUT2D eigenvalue weighted by Gasteiger charge is 2.50. The van der Waals surface area contributed by atoms with Crippen molar-refractivity contribution in [2.75, 3.05) is 18.4 Å². The molecule has 1 amide bonds. The Kier molecular flexibility index (Phi) is 4.70. The highest BCUT2D eigenvalue weighted by Crippen LogP contribution is 2.45. The van der Waals surface area contributed by atoms with E-state index in [0.717, 1.165) is 25.1 Å². The van der Waals surface area contributed by atoms with Gasteiger partial charge in [0, 0.05) is 18.3 Å². The van der Waals surface area contributed by atoms with Crippen molar-refractivity contribution in [2.24, 2.45) is 0 Å². The topological polar surface area (TPSA) is 32.3 Å². The first-order chi connectivity index (χ1) is 10.2. The molecular weight excluding hydrogens is 329 g/mol. The first-order valence-electron chi connectivity index (χ1n) is 7.51. The maximum atomic E-state index is 12.8. The van der Waals surface area contributed by atoms with Gasteiger partial charge in [0.1, 0.15) is 0 Å². The number of nitrogens with one attached hydrogen (secondary N) is 1. The SMILES string of the molecule is CC(C)N1CCCC2(C1)C(=O)Nc1cc(C(F)(F)F)ccc12.Cl.